The predicted octanol–water partition coefficient (Wildman–Crippen LogP) is 0.947. The smallest absolute Gasteiger partial charge is 0.322 e. The molecule has 138 valence electrons. The van der Waals surface area contributed by atoms with Gasteiger partial charge in [-0.1, -0.05) is 6.07 Å². The van der Waals surface area contributed by atoms with Crippen LogP contribution >= 0.6 is 0 Å². The second kappa shape index (κ2) is 6.05. The molecule has 0 radical (unpaired) electrons. The standard InChI is InChI=1S/C18H21FN4O3/c1-21-16(25)18(20-17(21)26)7-9-22(11-18)14-6-3-8-23(15(14)24)13-5-2-4-12(19)10-13/h2,4-5,10,14H,3,6-9,11H2,1H3,(H,20,26). The number of amides is 4. The van der Waals surface area contributed by atoms with Crippen LogP contribution in [0.2, 0.25) is 0 Å². The molecule has 0 saturated carbocycles. The van der Waals surface area contributed by atoms with Gasteiger partial charge in [0.15, 0.2) is 0 Å². The Balaban J connectivity index is 1.53. The van der Waals surface area contributed by atoms with Gasteiger partial charge >= 0.3 is 6.03 Å². The fraction of sp³-hybridized carbons (Fsp3) is 0.500. The predicted molar refractivity (Wildman–Crippen MR) is 92.0 cm³/mol. The molecule has 2 unspecified atom stereocenters. The average molecular weight is 360 g/mol. The van der Waals surface area contributed by atoms with Crippen LogP contribution in [0.25, 0.3) is 0 Å². The van der Waals surface area contributed by atoms with Crippen LogP contribution in [-0.2, 0) is 9.59 Å². The molecule has 3 aliphatic rings. The summed E-state index contributed by atoms with van der Waals surface area (Å²) in [4.78, 5) is 42.0. The van der Waals surface area contributed by atoms with Gasteiger partial charge in [-0.05, 0) is 37.5 Å². The molecule has 3 heterocycles. The lowest BCUT2D eigenvalue weighted by Crippen LogP contribution is -2.55. The number of urea groups is 1. The zero-order valence-corrected chi connectivity index (χ0v) is 14.6. The van der Waals surface area contributed by atoms with E-state index in [4.69, 9.17) is 0 Å². The molecule has 3 fully saturated rings. The Kier molecular flexibility index (Phi) is 3.95. The number of nitrogens with zero attached hydrogens (tertiary/aromatic N) is 3. The van der Waals surface area contributed by atoms with Gasteiger partial charge in [0.1, 0.15) is 11.4 Å². The van der Waals surface area contributed by atoms with Gasteiger partial charge in [-0.25, -0.2) is 9.18 Å². The number of piperidine rings is 1. The second-order valence-electron chi connectivity index (χ2n) is 7.22. The molecule has 0 bridgehead atoms. The van der Waals surface area contributed by atoms with E-state index >= 15 is 0 Å². The van der Waals surface area contributed by atoms with Crippen molar-refractivity contribution in [2.75, 3.05) is 31.6 Å². The maximum absolute atomic E-state index is 13.5. The van der Waals surface area contributed by atoms with E-state index < -0.39 is 11.6 Å². The van der Waals surface area contributed by atoms with Crippen LogP contribution < -0.4 is 10.2 Å². The van der Waals surface area contributed by atoms with Crippen LogP contribution in [0.4, 0.5) is 14.9 Å². The molecular formula is C18H21FN4O3. The van der Waals surface area contributed by atoms with Crippen LogP contribution in [0, 0.1) is 5.82 Å². The molecule has 1 aromatic carbocycles. The number of carbonyl (C=O) groups is 3. The Bertz CT molecular complexity index is 785. The normalized spacial score (nSPS) is 29.8. The summed E-state index contributed by atoms with van der Waals surface area (Å²) in [5, 5.41) is 2.78. The topological polar surface area (TPSA) is 73.0 Å². The molecule has 26 heavy (non-hydrogen) atoms. The number of rotatable bonds is 2. The van der Waals surface area contributed by atoms with Gasteiger partial charge < -0.3 is 10.2 Å². The van der Waals surface area contributed by atoms with Gasteiger partial charge in [0.2, 0.25) is 5.91 Å². The first-order chi connectivity index (χ1) is 12.4. The summed E-state index contributed by atoms with van der Waals surface area (Å²) in [5.74, 6) is -0.695. The first kappa shape index (κ1) is 17.0. The number of likely N-dealkylation sites (tertiary alicyclic amines) is 1. The third kappa shape index (κ3) is 2.56. The van der Waals surface area contributed by atoms with Crippen molar-refractivity contribution in [3.05, 3.63) is 30.1 Å². The van der Waals surface area contributed by atoms with Crippen LogP contribution in [0.1, 0.15) is 19.3 Å². The molecule has 1 spiro atoms. The molecule has 7 nitrogen and oxygen atoms in total. The number of imide groups is 1. The van der Waals surface area contributed by atoms with Crippen molar-refractivity contribution >= 4 is 23.5 Å². The monoisotopic (exact) mass is 360 g/mol. The van der Waals surface area contributed by atoms with Crippen LogP contribution in [0.5, 0.6) is 0 Å². The van der Waals surface area contributed by atoms with Gasteiger partial charge in [0, 0.05) is 32.4 Å². The van der Waals surface area contributed by atoms with Crippen LogP contribution in [0.15, 0.2) is 24.3 Å². The zero-order chi connectivity index (χ0) is 18.5. The highest BCUT2D eigenvalue weighted by Crippen LogP contribution is 2.32. The number of nitrogens with one attached hydrogen (secondary N) is 1. The third-order valence-electron chi connectivity index (χ3n) is 5.63. The van der Waals surface area contributed by atoms with Crippen molar-refractivity contribution in [2.24, 2.45) is 0 Å². The van der Waals surface area contributed by atoms with E-state index in [1.165, 1.54) is 19.2 Å². The first-order valence-electron chi connectivity index (χ1n) is 8.83. The van der Waals surface area contributed by atoms with E-state index in [0.29, 0.717) is 38.2 Å². The molecule has 3 aliphatic heterocycles. The number of anilines is 1. The van der Waals surface area contributed by atoms with Crippen molar-refractivity contribution in [3.8, 4) is 0 Å². The minimum absolute atomic E-state index is 0.0796. The van der Waals surface area contributed by atoms with E-state index in [1.807, 2.05) is 4.90 Å². The van der Waals surface area contributed by atoms with Gasteiger partial charge in [0.05, 0.1) is 6.04 Å². The van der Waals surface area contributed by atoms with E-state index in [-0.39, 0.29) is 23.7 Å². The highest BCUT2D eigenvalue weighted by molar-refractivity contribution is 6.07. The Hall–Kier alpha value is -2.48. The van der Waals surface area contributed by atoms with Crippen LogP contribution in [-0.4, -0.2) is 65.9 Å². The number of hydrogen-bond donors (Lipinski definition) is 1. The third-order valence-corrected chi connectivity index (χ3v) is 5.63. The van der Waals surface area contributed by atoms with Crippen LogP contribution in [0.3, 0.4) is 0 Å². The minimum Gasteiger partial charge on any atom is -0.322 e. The summed E-state index contributed by atoms with van der Waals surface area (Å²) in [6.45, 7) is 1.44. The fourth-order valence-electron chi connectivity index (χ4n) is 4.23. The fourth-order valence-corrected chi connectivity index (χ4v) is 4.23. The number of hydrogen-bond acceptors (Lipinski definition) is 4. The number of halogens is 1. The molecule has 4 amide bonds. The summed E-state index contributed by atoms with van der Waals surface area (Å²) in [6.07, 6.45) is 1.99. The summed E-state index contributed by atoms with van der Waals surface area (Å²) in [6, 6.07) is 5.28. The largest absolute Gasteiger partial charge is 0.324 e. The molecule has 1 aromatic rings. The second-order valence-corrected chi connectivity index (χ2v) is 7.22. The zero-order valence-electron chi connectivity index (χ0n) is 14.6. The molecular weight excluding hydrogens is 339 g/mol. The van der Waals surface area contributed by atoms with Crippen molar-refractivity contribution in [1.82, 2.24) is 15.1 Å². The van der Waals surface area contributed by atoms with Crippen molar-refractivity contribution in [2.45, 2.75) is 30.8 Å². The Morgan fingerprint density at radius 1 is 1.23 bits per heavy atom. The van der Waals surface area contributed by atoms with Gasteiger partial charge in [-0.2, -0.15) is 0 Å². The summed E-state index contributed by atoms with van der Waals surface area (Å²) in [5.41, 5.74) is -0.369. The van der Waals surface area contributed by atoms with E-state index in [1.54, 1.807) is 17.0 Å². The molecule has 4 rings (SSSR count). The first-order valence-corrected chi connectivity index (χ1v) is 8.83. The van der Waals surface area contributed by atoms with Gasteiger partial charge in [-0.15, -0.1) is 0 Å². The number of benzene rings is 1. The molecule has 1 N–H and O–H groups in total. The minimum atomic E-state index is -0.923. The summed E-state index contributed by atoms with van der Waals surface area (Å²) < 4.78 is 13.5. The highest BCUT2D eigenvalue weighted by Gasteiger charge is 2.55. The molecule has 3 saturated heterocycles. The van der Waals surface area contributed by atoms with Crippen molar-refractivity contribution in [1.29, 1.82) is 0 Å². The van der Waals surface area contributed by atoms with Crippen molar-refractivity contribution in [3.63, 3.8) is 0 Å². The van der Waals surface area contributed by atoms with E-state index in [9.17, 15) is 18.8 Å². The Labute approximate surface area is 150 Å². The Morgan fingerprint density at radius 3 is 2.73 bits per heavy atom. The maximum Gasteiger partial charge on any atom is 0.324 e. The lowest BCUT2D eigenvalue weighted by atomic mass is 9.98. The number of carbonyl (C=O) groups excluding carboxylic acids is 3. The Morgan fingerprint density at radius 2 is 2.04 bits per heavy atom. The lowest BCUT2D eigenvalue weighted by molar-refractivity contribution is -0.131. The number of likely N-dealkylation sites (N-methyl/N-ethyl adjacent to an activating group) is 1. The molecule has 8 heteroatoms. The molecule has 0 aliphatic carbocycles. The molecule has 0 aromatic heterocycles. The average Bonchev–Trinajstić information content (AvgIpc) is 3.13. The van der Waals surface area contributed by atoms with E-state index in [2.05, 4.69) is 5.32 Å². The lowest BCUT2D eigenvalue weighted by Gasteiger charge is -2.37. The quantitative estimate of drug-likeness (QED) is 0.797. The maximum atomic E-state index is 13.5. The SMILES string of the molecule is CN1C(=O)NC2(CCN(C3CCCN(c4cccc(F)c4)C3=O)C2)C1=O. The summed E-state index contributed by atoms with van der Waals surface area (Å²) >= 11 is 0. The highest BCUT2D eigenvalue weighted by atomic mass is 19.1. The van der Waals surface area contributed by atoms with E-state index in [0.717, 1.165) is 11.3 Å². The van der Waals surface area contributed by atoms with Gasteiger partial charge in [0.25, 0.3) is 5.91 Å². The van der Waals surface area contributed by atoms with Crippen molar-refractivity contribution < 1.29 is 18.8 Å². The summed E-state index contributed by atoms with van der Waals surface area (Å²) in [7, 11) is 1.46. The van der Waals surface area contributed by atoms with Gasteiger partial charge in [-0.3, -0.25) is 19.4 Å². The molecule has 2 atom stereocenters.